The number of aromatic nitrogens is 7. The van der Waals surface area contributed by atoms with Crippen LogP contribution in [0.15, 0.2) is 79.6 Å². The van der Waals surface area contributed by atoms with Crippen LogP contribution in [0.4, 0.5) is 0 Å². The Morgan fingerprint density at radius 3 is 2.55 bits per heavy atom. The first-order valence-corrected chi connectivity index (χ1v) is 12.6. The van der Waals surface area contributed by atoms with Crippen LogP contribution in [0.1, 0.15) is 17.0 Å². The van der Waals surface area contributed by atoms with Gasteiger partial charge >= 0.3 is 0 Å². The molecule has 0 saturated heterocycles. The van der Waals surface area contributed by atoms with Crippen LogP contribution >= 0.6 is 23.2 Å². The Hall–Kier alpha value is -4.11. The second-order valence-corrected chi connectivity index (χ2v) is 9.55. The van der Waals surface area contributed by atoms with Crippen LogP contribution < -0.4 is 0 Å². The summed E-state index contributed by atoms with van der Waals surface area (Å²) in [5, 5.41) is 15.6. The summed E-state index contributed by atoms with van der Waals surface area (Å²) < 4.78 is 3.68. The van der Waals surface area contributed by atoms with E-state index < -0.39 is 0 Å². The second-order valence-electron chi connectivity index (χ2n) is 8.82. The van der Waals surface area contributed by atoms with Gasteiger partial charge in [0.05, 0.1) is 40.1 Å². The lowest BCUT2D eigenvalue weighted by molar-refractivity contribution is 0.271. The normalized spacial score (nSPS) is 11.4. The fourth-order valence-corrected chi connectivity index (χ4v) is 5.04. The molecule has 2 aromatic carbocycles. The number of halogens is 2. The zero-order valence-electron chi connectivity index (χ0n) is 20.3. The molecule has 0 unspecified atom stereocenters. The maximum Gasteiger partial charge on any atom is 0.154 e. The first-order valence-electron chi connectivity index (χ1n) is 11.8. The Bertz CT molecular complexity index is 1760. The lowest BCUT2D eigenvalue weighted by Crippen LogP contribution is -2.02. The third-order valence-electron chi connectivity index (χ3n) is 6.40. The number of hydrogen-bond acceptors (Lipinski definition) is 6. The van der Waals surface area contributed by atoms with Gasteiger partial charge in [0.1, 0.15) is 11.8 Å². The number of aliphatic hydroxyl groups is 1. The summed E-state index contributed by atoms with van der Waals surface area (Å²) in [6.07, 6.45) is 9.32. The first kappa shape index (κ1) is 24.2. The summed E-state index contributed by atoms with van der Waals surface area (Å²) >= 11 is 13.6. The van der Waals surface area contributed by atoms with E-state index in [4.69, 9.17) is 23.2 Å². The number of aliphatic hydroxyl groups excluding tert-OH is 1. The van der Waals surface area contributed by atoms with Gasteiger partial charge in [-0.15, -0.1) is 0 Å². The van der Waals surface area contributed by atoms with E-state index in [1.54, 1.807) is 29.6 Å². The third kappa shape index (κ3) is 4.43. The molecule has 6 rings (SSSR count). The summed E-state index contributed by atoms with van der Waals surface area (Å²) in [7, 11) is 1.89. The zero-order chi connectivity index (χ0) is 26.2. The fourth-order valence-electron chi connectivity index (χ4n) is 4.43. The van der Waals surface area contributed by atoms with Crippen molar-refractivity contribution in [3.63, 3.8) is 0 Å². The Labute approximate surface area is 228 Å². The summed E-state index contributed by atoms with van der Waals surface area (Å²) in [4.78, 5) is 17.8. The van der Waals surface area contributed by atoms with Crippen molar-refractivity contribution in [2.75, 3.05) is 0 Å². The molecule has 4 aromatic heterocycles. The molecular formula is C28H21Cl2N7O. The van der Waals surface area contributed by atoms with Crippen molar-refractivity contribution in [1.82, 2.24) is 34.3 Å². The molecule has 10 heteroatoms. The summed E-state index contributed by atoms with van der Waals surface area (Å²) in [5.41, 5.74) is 6.58. The number of fused-ring (bicyclic) bond motifs is 1. The standard InChI is InChI=1S/C28H21Cl2N7O/c1-36-16-31-14-24(36)27-22(13-32-25(15-38)35-27)18-5-8-23-20(12-18)26(29)21(28(30)34-23)11-17-3-6-19(7-4-17)37-10-2-9-33-37/h2-10,12-14,16,38H,11,15H2,1H3. The monoisotopic (exact) mass is 541 g/mol. The smallest absolute Gasteiger partial charge is 0.154 e. The second kappa shape index (κ2) is 9.98. The lowest BCUT2D eigenvalue weighted by atomic mass is 9.99. The molecule has 0 bridgehead atoms. The van der Waals surface area contributed by atoms with Gasteiger partial charge in [-0.25, -0.2) is 24.6 Å². The molecule has 0 amide bonds. The van der Waals surface area contributed by atoms with Crippen molar-refractivity contribution < 1.29 is 5.11 Å². The van der Waals surface area contributed by atoms with Crippen LogP contribution in [0.3, 0.4) is 0 Å². The van der Waals surface area contributed by atoms with Gasteiger partial charge in [-0.2, -0.15) is 5.10 Å². The molecule has 1 N–H and O–H groups in total. The fraction of sp³-hybridized carbons (Fsp3) is 0.107. The lowest BCUT2D eigenvalue weighted by Gasteiger charge is -2.14. The molecule has 8 nitrogen and oxygen atoms in total. The molecule has 0 aliphatic rings. The van der Waals surface area contributed by atoms with Crippen LogP contribution in [0.2, 0.25) is 10.2 Å². The number of benzene rings is 2. The van der Waals surface area contributed by atoms with E-state index in [9.17, 15) is 5.11 Å². The highest BCUT2D eigenvalue weighted by Gasteiger charge is 2.18. The average molecular weight is 542 g/mol. The minimum absolute atomic E-state index is 0.261. The largest absolute Gasteiger partial charge is 0.388 e. The summed E-state index contributed by atoms with van der Waals surface area (Å²) in [5.74, 6) is 0.332. The van der Waals surface area contributed by atoms with Crippen molar-refractivity contribution in [3.05, 3.63) is 107 Å². The molecule has 0 spiro atoms. The molecule has 188 valence electrons. The Morgan fingerprint density at radius 1 is 1.00 bits per heavy atom. The number of pyridine rings is 1. The van der Waals surface area contributed by atoms with Crippen molar-refractivity contribution in [2.24, 2.45) is 7.05 Å². The minimum atomic E-state index is -0.261. The predicted molar refractivity (Wildman–Crippen MR) is 147 cm³/mol. The van der Waals surface area contributed by atoms with Crippen molar-refractivity contribution in [1.29, 1.82) is 0 Å². The van der Waals surface area contributed by atoms with Crippen LogP contribution in [0.5, 0.6) is 0 Å². The molecule has 0 aliphatic carbocycles. The van der Waals surface area contributed by atoms with E-state index in [0.717, 1.165) is 39.0 Å². The van der Waals surface area contributed by atoms with E-state index in [2.05, 4.69) is 25.0 Å². The van der Waals surface area contributed by atoms with Crippen molar-refractivity contribution in [3.8, 4) is 28.2 Å². The Balaban J connectivity index is 1.41. The molecule has 0 atom stereocenters. The van der Waals surface area contributed by atoms with Gasteiger partial charge in [0.25, 0.3) is 0 Å². The van der Waals surface area contributed by atoms with Crippen LogP contribution in [0.25, 0.3) is 39.1 Å². The van der Waals surface area contributed by atoms with E-state index in [0.29, 0.717) is 33.6 Å². The van der Waals surface area contributed by atoms with E-state index in [1.807, 2.05) is 66.3 Å². The van der Waals surface area contributed by atoms with E-state index in [-0.39, 0.29) is 6.61 Å². The molecule has 0 saturated carbocycles. The maximum absolute atomic E-state index is 9.62. The first-order chi connectivity index (χ1) is 18.5. The molecule has 0 aliphatic heterocycles. The van der Waals surface area contributed by atoms with Crippen molar-refractivity contribution in [2.45, 2.75) is 13.0 Å². The zero-order valence-corrected chi connectivity index (χ0v) is 21.8. The van der Waals surface area contributed by atoms with Gasteiger partial charge < -0.3 is 9.67 Å². The Kier molecular flexibility index (Phi) is 6.37. The van der Waals surface area contributed by atoms with Gasteiger partial charge in [0.2, 0.25) is 0 Å². The molecule has 4 heterocycles. The molecule has 38 heavy (non-hydrogen) atoms. The number of rotatable bonds is 6. The highest BCUT2D eigenvalue weighted by Crippen LogP contribution is 2.37. The molecule has 6 aromatic rings. The molecular weight excluding hydrogens is 521 g/mol. The Morgan fingerprint density at radius 2 is 1.84 bits per heavy atom. The SMILES string of the molecule is Cn1cncc1-c1nc(CO)ncc1-c1ccc2nc(Cl)c(Cc3ccc(-n4cccn4)cc3)c(Cl)c2c1. The van der Waals surface area contributed by atoms with Gasteiger partial charge in [-0.05, 0) is 41.5 Å². The van der Waals surface area contributed by atoms with Crippen LogP contribution in [0, 0.1) is 0 Å². The number of aryl methyl sites for hydroxylation is 1. The number of imidazole rings is 1. The maximum atomic E-state index is 9.62. The summed E-state index contributed by atoms with van der Waals surface area (Å²) in [6, 6.07) is 15.8. The van der Waals surface area contributed by atoms with E-state index >= 15 is 0 Å². The number of hydrogen-bond donors (Lipinski definition) is 1. The quantitative estimate of drug-likeness (QED) is 0.273. The summed E-state index contributed by atoms with van der Waals surface area (Å²) in [6.45, 7) is -0.261. The van der Waals surface area contributed by atoms with Crippen LogP contribution in [-0.2, 0) is 20.1 Å². The van der Waals surface area contributed by atoms with Crippen molar-refractivity contribution >= 4 is 34.1 Å². The van der Waals surface area contributed by atoms with Gasteiger partial charge in [0, 0.05) is 48.6 Å². The predicted octanol–water partition coefficient (Wildman–Crippen LogP) is 5.67. The van der Waals surface area contributed by atoms with E-state index in [1.165, 1.54) is 0 Å². The number of nitrogens with zero attached hydrogens (tertiary/aromatic N) is 7. The van der Waals surface area contributed by atoms with Gasteiger partial charge in [-0.3, -0.25) is 0 Å². The highest BCUT2D eigenvalue weighted by atomic mass is 35.5. The third-order valence-corrected chi connectivity index (χ3v) is 7.15. The minimum Gasteiger partial charge on any atom is -0.388 e. The van der Waals surface area contributed by atoms with Gasteiger partial charge in [-0.1, -0.05) is 41.4 Å². The molecule has 0 radical (unpaired) electrons. The molecule has 0 fully saturated rings. The average Bonchev–Trinajstić information content (AvgIpc) is 3.63. The topological polar surface area (TPSA) is 94.5 Å². The van der Waals surface area contributed by atoms with Gasteiger partial charge in [0.15, 0.2) is 5.82 Å². The highest BCUT2D eigenvalue weighted by molar-refractivity contribution is 6.39. The van der Waals surface area contributed by atoms with Crippen LogP contribution in [-0.4, -0.2) is 39.4 Å².